The van der Waals surface area contributed by atoms with E-state index in [0.29, 0.717) is 11.8 Å². The lowest BCUT2D eigenvalue weighted by atomic mass is 9.91. The van der Waals surface area contributed by atoms with Crippen LogP contribution in [0.3, 0.4) is 0 Å². The molecule has 0 aromatic carbocycles. The lowest BCUT2D eigenvalue weighted by molar-refractivity contribution is -0.271. The normalized spacial score (nSPS) is 26.0. The third kappa shape index (κ3) is 3.12. The Labute approximate surface area is 121 Å². The summed E-state index contributed by atoms with van der Waals surface area (Å²) in [5.74, 6) is 1.11. The molecule has 0 spiro atoms. The van der Waals surface area contributed by atoms with Crippen molar-refractivity contribution in [3.8, 4) is 0 Å². The van der Waals surface area contributed by atoms with Crippen LogP contribution in [0.2, 0.25) is 0 Å². The van der Waals surface area contributed by atoms with Gasteiger partial charge in [-0.1, -0.05) is 0 Å². The number of rotatable bonds is 3. The molecule has 1 aliphatic heterocycles. The zero-order chi connectivity index (χ0) is 15.3. The van der Waals surface area contributed by atoms with Gasteiger partial charge in [-0.3, -0.25) is 0 Å². The van der Waals surface area contributed by atoms with Gasteiger partial charge in [-0.05, 0) is 37.5 Å². The maximum absolute atomic E-state index is 12.7. The number of likely N-dealkylation sites (tertiary alicyclic amines) is 1. The van der Waals surface area contributed by atoms with Crippen LogP contribution in [0.15, 0.2) is 0 Å². The van der Waals surface area contributed by atoms with E-state index in [1.807, 2.05) is 0 Å². The van der Waals surface area contributed by atoms with Crippen molar-refractivity contribution in [1.29, 1.82) is 0 Å². The number of carbonyl (C=O) groups is 1. The second kappa shape index (κ2) is 5.04. The van der Waals surface area contributed by atoms with Gasteiger partial charge in [-0.2, -0.15) is 13.2 Å². The van der Waals surface area contributed by atoms with Crippen molar-refractivity contribution < 1.29 is 23.1 Å². The molecule has 2 amide bonds. The molecule has 1 heterocycles. The van der Waals surface area contributed by atoms with Crippen LogP contribution in [-0.4, -0.2) is 46.9 Å². The third-order valence-electron chi connectivity index (χ3n) is 4.96. The van der Waals surface area contributed by atoms with Gasteiger partial charge >= 0.3 is 12.2 Å². The van der Waals surface area contributed by atoms with Crippen LogP contribution in [0.5, 0.6) is 0 Å². The lowest BCUT2D eigenvalue weighted by Crippen LogP contribution is -2.57. The predicted octanol–water partition coefficient (Wildman–Crippen LogP) is 2.27. The molecular weight excluding hydrogens is 285 g/mol. The van der Waals surface area contributed by atoms with Crippen molar-refractivity contribution in [3.05, 3.63) is 0 Å². The molecule has 2 aliphatic carbocycles. The number of urea groups is 1. The van der Waals surface area contributed by atoms with Crippen LogP contribution in [0.4, 0.5) is 18.0 Å². The summed E-state index contributed by atoms with van der Waals surface area (Å²) in [5, 5.41) is 12.6. The standard InChI is InChI=1S/C14H21F3N2O2/c15-14(16,17)13(21)5-7-19(8-6-13)12(20)18-11(9-1-2-9)10-3-4-10/h9-11,21H,1-8H2,(H,18,20). The molecule has 0 unspecified atom stereocenters. The van der Waals surface area contributed by atoms with E-state index in [4.69, 9.17) is 0 Å². The van der Waals surface area contributed by atoms with Gasteiger partial charge in [0, 0.05) is 32.0 Å². The maximum atomic E-state index is 12.7. The molecule has 3 rings (SSSR count). The molecule has 120 valence electrons. The van der Waals surface area contributed by atoms with Crippen molar-refractivity contribution >= 4 is 6.03 Å². The summed E-state index contributed by atoms with van der Waals surface area (Å²) in [6.07, 6.45) is -0.974. The molecule has 0 radical (unpaired) electrons. The second-order valence-electron chi connectivity index (χ2n) is 6.67. The number of amides is 2. The van der Waals surface area contributed by atoms with E-state index in [-0.39, 0.29) is 25.2 Å². The van der Waals surface area contributed by atoms with Crippen LogP contribution in [0.25, 0.3) is 0 Å². The largest absolute Gasteiger partial charge is 0.417 e. The molecule has 2 saturated carbocycles. The van der Waals surface area contributed by atoms with Gasteiger partial charge in [0.1, 0.15) is 0 Å². The van der Waals surface area contributed by atoms with Crippen LogP contribution in [0.1, 0.15) is 38.5 Å². The Bertz CT molecular complexity index is 399. The topological polar surface area (TPSA) is 52.6 Å². The third-order valence-corrected chi connectivity index (χ3v) is 4.96. The number of nitrogens with one attached hydrogen (secondary N) is 1. The van der Waals surface area contributed by atoms with E-state index < -0.39 is 24.6 Å². The molecule has 3 fully saturated rings. The van der Waals surface area contributed by atoms with Crippen molar-refractivity contribution in [2.75, 3.05) is 13.1 Å². The fraction of sp³-hybridized carbons (Fsp3) is 0.929. The zero-order valence-electron chi connectivity index (χ0n) is 11.8. The van der Waals surface area contributed by atoms with Gasteiger partial charge in [-0.15, -0.1) is 0 Å². The molecule has 0 aromatic heterocycles. The summed E-state index contributed by atoms with van der Waals surface area (Å²) in [7, 11) is 0. The van der Waals surface area contributed by atoms with E-state index in [1.54, 1.807) is 0 Å². The smallest absolute Gasteiger partial charge is 0.380 e. The number of hydrogen-bond donors (Lipinski definition) is 2. The number of alkyl halides is 3. The fourth-order valence-electron chi connectivity index (χ4n) is 3.13. The molecule has 7 heteroatoms. The molecule has 4 nitrogen and oxygen atoms in total. The fourth-order valence-corrected chi connectivity index (χ4v) is 3.13. The van der Waals surface area contributed by atoms with Gasteiger partial charge in [0.15, 0.2) is 5.60 Å². The molecule has 0 atom stereocenters. The minimum Gasteiger partial charge on any atom is -0.380 e. The summed E-state index contributed by atoms with van der Waals surface area (Å²) in [5.41, 5.74) is -2.64. The summed E-state index contributed by atoms with van der Waals surface area (Å²) in [4.78, 5) is 13.6. The first-order chi connectivity index (χ1) is 9.80. The number of aliphatic hydroxyl groups is 1. The highest BCUT2D eigenvalue weighted by Gasteiger charge is 2.55. The Kier molecular flexibility index (Phi) is 3.58. The number of halogens is 3. The van der Waals surface area contributed by atoms with Gasteiger partial charge in [-0.25, -0.2) is 4.79 Å². The highest BCUT2D eigenvalue weighted by Crippen LogP contribution is 2.44. The highest BCUT2D eigenvalue weighted by atomic mass is 19.4. The number of nitrogens with zero attached hydrogens (tertiary/aromatic N) is 1. The summed E-state index contributed by atoms with van der Waals surface area (Å²) in [6.45, 7) is -0.103. The molecule has 21 heavy (non-hydrogen) atoms. The summed E-state index contributed by atoms with van der Waals surface area (Å²) < 4.78 is 38.2. The van der Waals surface area contributed by atoms with Gasteiger partial charge in [0.25, 0.3) is 0 Å². The Balaban J connectivity index is 1.53. The minimum absolute atomic E-state index is 0.0517. The first-order valence-corrected chi connectivity index (χ1v) is 7.65. The number of carbonyl (C=O) groups excluding carboxylic acids is 1. The van der Waals surface area contributed by atoms with Crippen molar-refractivity contribution in [2.45, 2.75) is 56.3 Å². The maximum Gasteiger partial charge on any atom is 0.417 e. The number of piperidine rings is 1. The summed E-state index contributed by atoms with van der Waals surface area (Å²) in [6, 6.07) is -0.0797. The van der Waals surface area contributed by atoms with E-state index in [2.05, 4.69) is 5.32 Å². The monoisotopic (exact) mass is 306 g/mol. The van der Waals surface area contributed by atoms with E-state index in [0.717, 1.165) is 25.7 Å². The van der Waals surface area contributed by atoms with Crippen LogP contribution < -0.4 is 5.32 Å². The second-order valence-corrected chi connectivity index (χ2v) is 6.67. The Morgan fingerprint density at radius 3 is 2.00 bits per heavy atom. The minimum atomic E-state index is -4.62. The summed E-state index contributed by atoms with van der Waals surface area (Å²) >= 11 is 0. The average molecular weight is 306 g/mol. The zero-order valence-corrected chi connectivity index (χ0v) is 11.8. The Hall–Kier alpha value is -0.980. The first-order valence-electron chi connectivity index (χ1n) is 7.65. The Morgan fingerprint density at radius 2 is 1.62 bits per heavy atom. The van der Waals surface area contributed by atoms with Gasteiger partial charge in [0.05, 0.1) is 0 Å². The molecule has 2 N–H and O–H groups in total. The van der Waals surface area contributed by atoms with Crippen molar-refractivity contribution in [1.82, 2.24) is 10.2 Å². The molecule has 0 bridgehead atoms. The van der Waals surface area contributed by atoms with Gasteiger partial charge in [0.2, 0.25) is 0 Å². The van der Waals surface area contributed by atoms with Crippen molar-refractivity contribution in [3.63, 3.8) is 0 Å². The van der Waals surface area contributed by atoms with Gasteiger partial charge < -0.3 is 15.3 Å². The van der Waals surface area contributed by atoms with Crippen molar-refractivity contribution in [2.24, 2.45) is 11.8 Å². The first kappa shape index (κ1) is 14.9. The Morgan fingerprint density at radius 1 is 1.14 bits per heavy atom. The predicted molar refractivity (Wildman–Crippen MR) is 69.6 cm³/mol. The molecule has 3 aliphatic rings. The van der Waals surface area contributed by atoms with E-state index in [1.165, 1.54) is 4.90 Å². The van der Waals surface area contributed by atoms with Crippen LogP contribution in [-0.2, 0) is 0 Å². The van der Waals surface area contributed by atoms with Crippen LogP contribution in [0, 0.1) is 11.8 Å². The average Bonchev–Trinajstić information content (AvgIpc) is 3.27. The molecule has 1 saturated heterocycles. The number of hydrogen-bond acceptors (Lipinski definition) is 2. The van der Waals surface area contributed by atoms with Crippen LogP contribution >= 0.6 is 0 Å². The SMILES string of the molecule is O=C(NC(C1CC1)C1CC1)N1CCC(O)(C(F)(F)F)CC1. The lowest BCUT2D eigenvalue weighted by Gasteiger charge is -2.39. The molecule has 0 aromatic rings. The highest BCUT2D eigenvalue weighted by molar-refractivity contribution is 5.74. The quantitative estimate of drug-likeness (QED) is 0.840. The van der Waals surface area contributed by atoms with E-state index >= 15 is 0 Å². The molecular formula is C14H21F3N2O2. The van der Waals surface area contributed by atoms with E-state index in [9.17, 15) is 23.1 Å².